The average Bonchev–Trinajstić information content (AvgIpc) is 1.19. The van der Waals surface area contributed by atoms with Crippen LogP contribution in [-0.2, 0) is 22.4 Å². The molecule has 10 heteroatoms. The van der Waals surface area contributed by atoms with Gasteiger partial charge in [-0.1, -0.05) is 0 Å². The molecule has 0 aliphatic carbocycles. The van der Waals surface area contributed by atoms with Crippen LogP contribution in [0.1, 0.15) is 0 Å². The van der Waals surface area contributed by atoms with Crippen LogP contribution >= 0.6 is 0 Å². The second kappa shape index (κ2) is 7.11. The summed E-state index contributed by atoms with van der Waals surface area (Å²) >= 11 is 0. The zero-order valence-corrected chi connectivity index (χ0v) is 6.74. The van der Waals surface area contributed by atoms with Crippen LogP contribution in [0.15, 0.2) is 0 Å². The Hall–Kier alpha value is -0.00286. The van der Waals surface area contributed by atoms with E-state index in [1.54, 1.807) is 0 Å². The van der Waals surface area contributed by atoms with E-state index in [0.717, 1.165) is 0 Å². The first-order valence-corrected chi connectivity index (χ1v) is 3.23. The van der Waals surface area contributed by atoms with Gasteiger partial charge in [-0.3, -0.25) is 0 Å². The predicted molar refractivity (Wildman–Crippen MR) is 25.0 cm³/mol. The Morgan fingerprint density at radius 2 is 1.10 bits per heavy atom. The summed E-state index contributed by atoms with van der Waals surface area (Å²) in [4.78, 5) is 37.6. The van der Waals surface area contributed by atoms with Gasteiger partial charge in [-0.05, 0) is 0 Å². The van der Waals surface area contributed by atoms with Crippen molar-refractivity contribution in [2.45, 2.75) is 0 Å². The molecule has 4 N–H and O–H groups in total. The number of rotatable bonds is 0. The number of hydrogen-bond donors (Lipinski definition) is 4. The Kier molecular flexibility index (Phi) is 11.7. The Bertz CT molecular complexity index is 76.1. The van der Waals surface area contributed by atoms with Gasteiger partial charge in [0.25, 0.3) is 0 Å². The summed E-state index contributed by atoms with van der Waals surface area (Å²) in [6, 6.07) is 0. The molecule has 0 fully saturated rings. The molecule has 0 unspecified atom stereocenters. The van der Waals surface area contributed by atoms with Crippen molar-refractivity contribution < 1.29 is 46.6 Å². The molecule has 0 spiro atoms. The van der Waals surface area contributed by atoms with Crippen molar-refractivity contribution >= 4 is 9.05 Å². The Balaban J connectivity index is -0.0000000910. The third kappa shape index (κ3) is 48000000. The molecule has 0 aromatic carbocycles. The quantitative estimate of drug-likeness (QED) is 0.209. The smallest absolute Gasteiger partial charge is 0.368 e. The zero-order chi connectivity index (χ0) is 8.08. The van der Waals surface area contributed by atoms with E-state index in [4.69, 9.17) is 34.5 Å². The van der Waals surface area contributed by atoms with Gasteiger partial charge in [-0.25, -0.2) is 0 Å². The molecule has 0 amide bonds. The van der Waals surface area contributed by atoms with Gasteiger partial charge in [-0.15, -0.1) is 0 Å². The topological polar surface area (TPSA) is 147 Å². The summed E-state index contributed by atoms with van der Waals surface area (Å²) in [7, 11) is -4.61. The summed E-state index contributed by atoms with van der Waals surface area (Å²) in [5.74, 6) is 0. The maximum absolute atomic E-state index is 8.25. The summed E-state index contributed by atoms with van der Waals surface area (Å²) in [5.41, 5.74) is 0. The van der Waals surface area contributed by atoms with Gasteiger partial charge >= 0.3 is 31.4 Å². The molecule has 0 rings (SSSR count). The van der Waals surface area contributed by atoms with E-state index < -0.39 is 14.1 Å². The van der Waals surface area contributed by atoms with Crippen LogP contribution in [0.3, 0.4) is 0 Å². The number of nitrogens with zero attached hydrogens (tertiary/aromatic N) is 1. The van der Waals surface area contributed by atoms with E-state index in [9.17, 15) is 0 Å². The first-order chi connectivity index (χ1) is 3.73. The second-order valence-corrected chi connectivity index (χ2v) is 2.02. The van der Waals surface area contributed by atoms with Crippen LogP contribution in [0, 0.1) is 15.3 Å². The van der Waals surface area contributed by atoms with E-state index in [0.29, 0.717) is 0 Å². The molecular formula is H4AgNO7Si. The second-order valence-electron chi connectivity index (χ2n) is 0.824. The molecule has 0 aliphatic rings. The molecule has 8 nitrogen and oxygen atoms in total. The summed E-state index contributed by atoms with van der Waals surface area (Å²) in [5, 5.41) is 14.8. The van der Waals surface area contributed by atoms with Crippen molar-refractivity contribution in [2.24, 2.45) is 0 Å². The molecular weight excluding hydrogens is 262 g/mol. The monoisotopic (exact) mass is 265 g/mol. The van der Waals surface area contributed by atoms with E-state index in [1.807, 2.05) is 0 Å². The normalized spacial score (nSPS) is 8.40. The van der Waals surface area contributed by atoms with Gasteiger partial charge in [0.1, 0.15) is 0 Å². The molecule has 0 aliphatic heterocycles. The van der Waals surface area contributed by atoms with Crippen molar-refractivity contribution in [3.8, 4) is 0 Å². The fraction of sp³-hybridized carbons (Fsp3) is 0. The van der Waals surface area contributed by atoms with E-state index in [-0.39, 0.29) is 22.4 Å². The number of hydrogen-bond acceptors (Lipinski definition) is 7. The molecule has 0 aromatic rings. The first-order valence-electron chi connectivity index (χ1n) is 1.44. The van der Waals surface area contributed by atoms with Crippen LogP contribution in [0.25, 0.3) is 0 Å². The van der Waals surface area contributed by atoms with E-state index in [2.05, 4.69) is 0 Å². The van der Waals surface area contributed by atoms with Crippen molar-refractivity contribution in [2.75, 3.05) is 0 Å². The maximum atomic E-state index is 8.25. The average molecular weight is 266 g/mol. The standard InChI is InChI=1S/Ag.NO3.H4O4Si/c;2-1(3)4;1-5(2,3)4/h;;1-4H/q+1;-1;. The van der Waals surface area contributed by atoms with Gasteiger partial charge in [0.2, 0.25) is 0 Å². The fourth-order valence-corrected chi connectivity index (χ4v) is 0. The largest absolute Gasteiger partial charge is 1.00 e. The van der Waals surface area contributed by atoms with E-state index >= 15 is 0 Å². The van der Waals surface area contributed by atoms with Gasteiger partial charge < -0.3 is 34.5 Å². The molecule has 0 heterocycles. The zero-order valence-electron chi connectivity index (χ0n) is 4.26. The third-order valence-electron chi connectivity index (χ3n) is 0. The predicted octanol–water partition coefficient (Wildman–Crippen LogP) is -2.85. The van der Waals surface area contributed by atoms with Crippen molar-refractivity contribution in [3.05, 3.63) is 15.3 Å². The van der Waals surface area contributed by atoms with Gasteiger partial charge in [0.15, 0.2) is 0 Å². The summed E-state index contributed by atoms with van der Waals surface area (Å²) < 4.78 is 0. The summed E-state index contributed by atoms with van der Waals surface area (Å²) in [6.45, 7) is 0. The minimum atomic E-state index is -4.61. The van der Waals surface area contributed by atoms with Crippen molar-refractivity contribution in [3.63, 3.8) is 0 Å². The molecule has 0 bridgehead atoms. The first kappa shape index (κ1) is 16.5. The Morgan fingerprint density at radius 3 is 1.10 bits per heavy atom. The minimum absolute atomic E-state index is 0. The Labute approximate surface area is 71.5 Å². The van der Waals surface area contributed by atoms with Gasteiger partial charge in [0, 0.05) is 0 Å². The fourth-order valence-electron chi connectivity index (χ4n) is 0. The van der Waals surface area contributed by atoms with Crippen LogP contribution in [-0.4, -0.2) is 33.3 Å². The van der Waals surface area contributed by atoms with Gasteiger partial charge in [-0.2, -0.15) is 0 Å². The van der Waals surface area contributed by atoms with Crippen LogP contribution < -0.4 is 0 Å². The van der Waals surface area contributed by atoms with Crippen LogP contribution in [0.5, 0.6) is 0 Å². The summed E-state index contributed by atoms with van der Waals surface area (Å²) in [6.07, 6.45) is 0. The van der Waals surface area contributed by atoms with Crippen molar-refractivity contribution in [1.82, 2.24) is 0 Å². The van der Waals surface area contributed by atoms with E-state index in [1.165, 1.54) is 0 Å². The molecule has 10 heavy (non-hydrogen) atoms. The van der Waals surface area contributed by atoms with Gasteiger partial charge in [0.05, 0.1) is 5.09 Å². The minimum Gasteiger partial charge on any atom is -0.368 e. The van der Waals surface area contributed by atoms with Crippen LogP contribution in [0.2, 0.25) is 0 Å². The molecule has 0 radical (unpaired) electrons. The van der Waals surface area contributed by atoms with Crippen LogP contribution in [0.4, 0.5) is 0 Å². The molecule has 0 saturated carbocycles. The molecule has 0 atom stereocenters. The van der Waals surface area contributed by atoms with Crippen molar-refractivity contribution in [1.29, 1.82) is 0 Å². The third-order valence-corrected chi connectivity index (χ3v) is 0. The molecule has 0 saturated heterocycles. The SMILES string of the molecule is O=[N+]([O-])[O-].O[Si](O)(O)O.[Ag+]. The molecule has 0 aromatic heterocycles. The Morgan fingerprint density at radius 1 is 1.10 bits per heavy atom. The molecule has 66 valence electrons. The maximum Gasteiger partial charge on any atom is 1.00 e.